The number of hydrogen-bond acceptors (Lipinski definition) is 6. The first-order valence-corrected chi connectivity index (χ1v) is 14.8. The molecule has 2 N–H and O–H groups in total. The summed E-state index contributed by atoms with van der Waals surface area (Å²) in [6.07, 6.45) is 5.79. The van der Waals surface area contributed by atoms with Crippen LogP contribution in [0.1, 0.15) is 39.7 Å². The van der Waals surface area contributed by atoms with Crippen molar-refractivity contribution in [3.8, 4) is 27.9 Å². The second kappa shape index (κ2) is 12.0. The number of carboxylic acids is 1. The number of pyridine rings is 1. The zero-order chi connectivity index (χ0) is 32.7. The SMILES string of the molecule is Cn1ccn(-c2c(F)cc(-c3cccc(Cl)c3)c(CC(=O)O)c2-c2cncc(N3CCC(C)(NC(=O)OC(C)(C)C)C3)c2)c1=O. The Morgan fingerprint density at radius 3 is 2.56 bits per heavy atom. The Labute approximate surface area is 265 Å². The van der Waals surface area contributed by atoms with E-state index in [-0.39, 0.29) is 11.3 Å². The lowest BCUT2D eigenvalue weighted by Gasteiger charge is -2.29. The van der Waals surface area contributed by atoms with Crippen molar-refractivity contribution in [2.45, 2.75) is 51.7 Å². The van der Waals surface area contributed by atoms with Gasteiger partial charge in [-0.1, -0.05) is 23.7 Å². The van der Waals surface area contributed by atoms with E-state index in [1.165, 1.54) is 33.8 Å². The quantitative estimate of drug-likeness (QED) is 0.263. The number of anilines is 1. The Hall–Kier alpha value is -4.64. The van der Waals surface area contributed by atoms with Gasteiger partial charge in [0.1, 0.15) is 11.4 Å². The maximum Gasteiger partial charge on any atom is 0.408 e. The number of carbonyl (C=O) groups excluding carboxylic acids is 1. The highest BCUT2D eigenvalue weighted by Crippen LogP contribution is 2.41. The molecule has 45 heavy (non-hydrogen) atoms. The van der Waals surface area contributed by atoms with Crippen LogP contribution in [-0.4, -0.2) is 55.5 Å². The van der Waals surface area contributed by atoms with Crippen LogP contribution in [-0.2, 0) is 23.0 Å². The molecule has 1 saturated heterocycles. The molecular weight excluding hydrogens is 601 g/mol. The number of rotatable bonds is 7. The summed E-state index contributed by atoms with van der Waals surface area (Å²) in [5.74, 6) is -1.85. The molecule has 4 aromatic rings. The van der Waals surface area contributed by atoms with Crippen LogP contribution in [0.3, 0.4) is 0 Å². The second-order valence-corrected chi connectivity index (χ2v) is 13.0. The van der Waals surface area contributed by atoms with Crippen molar-refractivity contribution < 1.29 is 23.8 Å². The van der Waals surface area contributed by atoms with E-state index in [4.69, 9.17) is 16.3 Å². The molecule has 0 spiro atoms. The summed E-state index contributed by atoms with van der Waals surface area (Å²) < 4.78 is 24.2. The van der Waals surface area contributed by atoms with Crippen molar-refractivity contribution in [2.75, 3.05) is 18.0 Å². The third kappa shape index (κ3) is 6.88. The van der Waals surface area contributed by atoms with Crippen LogP contribution >= 0.6 is 11.6 Å². The van der Waals surface area contributed by atoms with Crippen LogP contribution in [0.5, 0.6) is 0 Å². The van der Waals surface area contributed by atoms with Crippen LogP contribution < -0.4 is 15.9 Å². The number of carbonyl (C=O) groups is 2. The molecule has 1 atom stereocenters. The molecular formula is C33H35ClFN5O5. The Morgan fingerprint density at radius 2 is 1.91 bits per heavy atom. The van der Waals surface area contributed by atoms with Crippen molar-refractivity contribution in [2.24, 2.45) is 7.05 Å². The van der Waals surface area contributed by atoms with Crippen LogP contribution in [0.2, 0.25) is 5.02 Å². The Bertz CT molecular complexity index is 1850. The van der Waals surface area contributed by atoms with E-state index in [9.17, 15) is 19.5 Å². The summed E-state index contributed by atoms with van der Waals surface area (Å²) in [5.41, 5.74) is 0.677. The van der Waals surface area contributed by atoms with Gasteiger partial charge in [0.15, 0.2) is 0 Å². The molecule has 2 aromatic carbocycles. The summed E-state index contributed by atoms with van der Waals surface area (Å²) in [5, 5.41) is 13.4. The number of halogens is 2. The zero-order valence-corrected chi connectivity index (χ0v) is 26.5. The molecule has 12 heteroatoms. The fourth-order valence-corrected chi connectivity index (χ4v) is 5.87. The number of imidazole rings is 1. The van der Waals surface area contributed by atoms with Gasteiger partial charge in [-0.2, -0.15) is 0 Å². The first-order chi connectivity index (χ1) is 21.1. The highest BCUT2D eigenvalue weighted by molar-refractivity contribution is 6.30. The van der Waals surface area contributed by atoms with E-state index < -0.39 is 41.1 Å². The number of alkyl carbamates (subject to hydrolysis) is 1. The maximum atomic E-state index is 16.3. The summed E-state index contributed by atoms with van der Waals surface area (Å²) in [4.78, 5) is 44.4. The maximum absolute atomic E-state index is 16.3. The van der Waals surface area contributed by atoms with Crippen LogP contribution in [0.4, 0.5) is 14.9 Å². The number of hydrogen-bond donors (Lipinski definition) is 2. The zero-order valence-electron chi connectivity index (χ0n) is 25.7. The molecule has 10 nitrogen and oxygen atoms in total. The standard InChI is InChI=1S/C33H35ClFN5O5/c1-32(2,3)45-30(43)37-33(4)9-10-39(19-33)23-14-21(17-36-18-23)28-25(16-27(41)42)24(20-7-6-8-22(34)13-20)15-26(35)29(28)40-12-11-38(5)31(40)44/h6-8,11-15,17-18H,9-10,16,19H2,1-5H3,(H,37,43)(H,41,42). The number of ether oxygens (including phenoxy) is 1. The van der Waals surface area contributed by atoms with Crippen molar-refractivity contribution in [1.82, 2.24) is 19.4 Å². The number of aromatic nitrogens is 3. The molecule has 3 heterocycles. The van der Waals surface area contributed by atoms with Gasteiger partial charge >= 0.3 is 17.8 Å². The van der Waals surface area contributed by atoms with Crippen molar-refractivity contribution in [3.63, 3.8) is 0 Å². The average molecular weight is 636 g/mol. The average Bonchev–Trinajstić information content (AvgIpc) is 3.49. The minimum absolute atomic E-state index is 0.0839. The fourth-order valence-electron chi connectivity index (χ4n) is 5.68. The lowest BCUT2D eigenvalue weighted by Crippen LogP contribution is -2.49. The first-order valence-electron chi connectivity index (χ1n) is 14.4. The summed E-state index contributed by atoms with van der Waals surface area (Å²) in [6, 6.07) is 9.78. The first kappa shape index (κ1) is 31.8. The van der Waals surface area contributed by atoms with Gasteiger partial charge in [-0.3, -0.25) is 14.3 Å². The Balaban J connectivity index is 1.65. The van der Waals surface area contributed by atoms with Gasteiger partial charge in [0.25, 0.3) is 0 Å². The molecule has 1 aliphatic heterocycles. The molecule has 1 amide bonds. The summed E-state index contributed by atoms with van der Waals surface area (Å²) in [6.45, 7) is 8.36. The third-order valence-corrected chi connectivity index (χ3v) is 7.90. The summed E-state index contributed by atoms with van der Waals surface area (Å²) >= 11 is 6.27. The number of carboxylic acid groups (broad SMARTS) is 1. The van der Waals surface area contributed by atoms with Crippen LogP contribution in [0.25, 0.3) is 27.9 Å². The smallest absolute Gasteiger partial charge is 0.408 e. The minimum Gasteiger partial charge on any atom is -0.481 e. The largest absolute Gasteiger partial charge is 0.481 e. The molecule has 2 aromatic heterocycles. The fraction of sp³-hybridized carbons (Fsp3) is 0.333. The van der Waals surface area contributed by atoms with Gasteiger partial charge in [-0.05, 0) is 75.1 Å². The molecule has 1 unspecified atom stereocenters. The third-order valence-electron chi connectivity index (χ3n) is 7.67. The van der Waals surface area contributed by atoms with Crippen molar-refractivity contribution in [3.05, 3.63) is 88.1 Å². The highest BCUT2D eigenvalue weighted by atomic mass is 35.5. The second-order valence-electron chi connectivity index (χ2n) is 12.5. The number of aliphatic carboxylic acids is 1. The molecule has 0 bridgehead atoms. The number of nitrogens with one attached hydrogen (secondary N) is 1. The van der Waals surface area contributed by atoms with E-state index in [1.54, 1.807) is 64.3 Å². The van der Waals surface area contributed by atoms with Crippen molar-refractivity contribution in [1.29, 1.82) is 0 Å². The molecule has 0 saturated carbocycles. The topological polar surface area (TPSA) is 119 Å². The normalized spacial score (nSPS) is 16.6. The Kier molecular flexibility index (Phi) is 8.50. The minimum atomic E-state index is -1.13. The van der Waals surface area contributed by atoms with E-state index in [0.717, 1.165) is 0 Å². The van der Waals surface area contributed by atoms with Crippen LogP contribution in [0, 0.1) is 5.82 Å². The lowest BCUT2D eigenvalue weighted by molar-refractivity contribution is -0.136. The van der Waals surface area contributed by atoms with E-state index in [0.29, 0.717) is 52.5 Å². The van der Waals surface area contributed by atoms with E-state index >= 15 is 4.39 Å². The molecule has 0 radical (unpaired) electrons. The van der Waals surface area contributed by atoms with Gasteiger partial charge in [0.05, 0.1) is 29.5 Å². The van der Waals surface area contributed by atoms with Gasteiger partial charge in [-0.25, -0.2) is 14.0 Å². The van der Waals surface area contributed by atoms with Gasteiger partial charge in [-0.15, -0.1) is 0 Å². The summed E-state index contributed by atoms with van der Waals surface area (Å²) in [7, 11) is 1.55. The van der Waals surface area contributed by atoms with Gasteiger partial charge in [0, 0.05) is 54.9 Å². The number of benzene rings is 2. The van der Waals surface area contributed by atoms with E-state index in [2.05, 4.69) is 10.3 Å². The molecule has 236 valence electrons. The molecule has 1 fully saturated rings. The number of aryl methyl sites for hydroxylation is 1. The lowest BCUT2D eigenvalue weighted by atomic mass is 9.88. The van der Waals surface area contributed by atoms with E-state index in [1.807, 2.05) is 11.8 Å². The van der Waals surface area contributed by atoms with Gasteiger partial charge < -0.3 is 24.6 Å². The number of amides is 1. The van der Waals surface area contributed by atoms with Crippen LogP contribution in [0.15, 0.2) is 66.0 Å². The molecule has 5 rings (SSSR count). The predicted molar refractivity (Wildman–Crippen MR) is 171 cm³/mol. The Morgan fingerprint density at radius 1 is 1.16 bits per heavy atom. The van der Waals surface area contributed by atoms with Gasteiger partial charge in [0.2, 0.25) is 0 Å². The monoisotopic (exact) mass is 635 g/mol. The highest BCUT2D eigenvalue weighted by Gasteiger charge is 2.37. The van der Waals surface area contributed by atoms with Crippen molar-refractivity contribution >= 4 is 29.4 Å². The predicted octanol–water partition coefficient (Wildman–Crippen LogP) is 5.82. The number of nitrogens with zero attached hydrogens (tertiary/aromatic N) is 4. The molecule has 0 aliphatic carbocycles. The molecule has 1 aliphatic rings.